The first-order chi connectivity index (χ1) is 9.73. The number of nitrogens with one attached hydrogen (secondary N) is 1. The quantitative estimate of drug-likeness (QED) is 0.578. The summed E-state index contributed by atoms with van der Waals surface area (Å²) in [4.78, 5) is 2.69. The van der Waals surface area contributed by atoms with Gasteiger partial charge in [0.15, 0.2) is 0 Å². The molecule has 2 aliphatic carbocycles. The highest BCUT2D eigenvalue weighted by Gasteiger charge is 2.34. The van der Waals surface area contributed by atoms with Gasteiger partial charge in [-0.15, -0.1) is 0 Å². The van der Waals surface area contributed by atoms with Crippen molar-refractivity contribution in [2.75, 3.05) is 19.7 Å². The molecule has 1 atom stereocenters. The topological polar surface area (TPSA) is 35.5 Å². The van der Waals surface area contributed by atoms with E-state index in [1.165, 1.54) is 58.0 Å². The second-order valence-corrected chi connectivity index (χ2v) is 6.93. The third-order valence-electron chi connectivity index (χ3n) is 5.03. The summed E-state index contributed by atoms with van der Waals surface area (Å²) in [6.45, 7) is 7.27. The lowest BCUT2D eigenvalue weighted by Gasteiger charge is -2.33. The van der Waals surface area contributed by atoms with E-state index >= 15 is 0 Å². The van der Waals surface area contributed by atoms with Crippen molar-refractivity contribution in [2.24, 2.45) is 0 Å². The molecule has 2 saturated carbocycles. The van der Waals surface area contributed by atoms with Crippen LogP contribution in [0.25, 0.3) is 0 Å². The summed E-state index contributed by atoms with van der Waals surface area (Å²) in [5.74, 6) is 0. The summed E-state index contributed by atoms with van der Waals surface area (Å²) in [6.07, 6.45) is 11.4. The predicted octanol–water partition coefficient (Wildman–Crippen LogP) is 2.92. The third-order valence-corrected chi connectivity index (χ3v) is 5.03. The van der Waals surface area contributed by atoms with E-state index in [2.05, 4.69) is 24.1 Å². The molecule has 3 heteroatoms. The molecule has 0 saturated heterocycles. The molecule has 0 aromatic heterocycles. The van der Waals surface area contributed by atoms with Gasteiger partial charge in [-0.3, -0.25) is 0 Å². The Kier molecular flexibility index (Phi) is 6.31. The van der Waals surface area contributed by atoms with Crippen LogP contribution in [0.5, 0.6) is 0 Å². The standard InChI is InChI=1S/C17H34N2O/c1-3-5-12-19(16-9-10-16)13-6-11-17(4-2,14-20)18-15-7-8-15/h15-16,18,20H,3-14H2,1-2H3. The summed E-state index contributed by atoms with van der Waals surface area (Å²) in [5.41, 5.74) is -0.0128. The van der Waals surface area contributed by atoms with Crippen LogP contribution in [-0.2, 0) is 0 Å². The maximum atomic E-state index is 9.81. The Morgan fingerprint density at radius 3 is 2.30 bits per heavy atom. The zero-order chi connectivity index (χ0) is 14.4. The van der Waals surface area contributed by atoms with Crippen molar-refractivity contribution < 1.29 is 5.11 Å². The first kappa shape index (κ1) is 16.3. The molecule has 0 aliphatic heterocycles. The Morgan fingerprint density at radius 2 is 1.80 bits per heavy atom. The van der Waals surface area contributed by atoms with Gasteiger partial charge in [-0.25, -0.2) is 0 Å². The summed E-state index contributed by atoms with van der Waals surface area (Å²) >= 11 is 0. The van der Waals surface area contributed by atoms with Crippen LogP contribution in [0, 0.1) is 0 Å². The van der Waals surface area contributed by atoms with Gasteiger partial charge >= 0.3 is 0 Å². The molecule has 0 amide bonds. The number of aliphatic hydroxyl groups excluding tert-OH is 1. The number of nitrogens with zero attached hydrogens (tertiary/aromatic N) is 1. The molecule has 3 nitrogen and oxygen atoms in total. The molecule has 20 heavy (non-hydrogen) atoms. The smallest absolute Gasteiger partial charge is 0.0613 e. The van der Waals surface area contributed by atoms with Crippen molar-refractivity contribution in [3.8, 4) is 0 Å². The van der Waals surface area contributed by atoms with E-state index in [1.54, 1.807) is 0 Å². The second kappa shape index (κ2) is 7.77. The fraction of sp³-hybridized carbons (Fsp3) is 1.00. The molecule has 0 radical (unpaired) electrons. The van der Waals surface area contributed by atoms with E-state index < -0.39 is 0 Å². The first-order valence-electron chi connectivity index (χ1n) is 8.85. The van der Waals surface area contributed by atoms with Gasteiger partial charge in [-0.05, 0) is 64.5 Å². The Balaban J connectivity index is 1.72. The largest absolute Gasteiger partial charge is 0.394 e. The Hall–Kier alpha value is -0.120. The molecule has 2 fully saturated rings. The van der Waals surface area contributed by atoms with Crippen molar-refractivity contribution in [1.29, 1.82) is 0 Å². The zero-order valence-electron chi connectivity index (χ0n) is 13.5. The Morgan fingerprint density at radius 1 is 1.10 bits per heavy atom. The molecule has 118 valence electrons. The Bertz CT molecular complexity index is 270. The molecule has 2 rings (SSSR count). The first-order valence-corrected chi connectivity index (χ1v) is 8.85. The molecular formula is C17H34N2O. The molecule has 0 bridgehead atoms. The lowest BCUT2D eigenvalue weighted by Crippen LogP contribution is -2.49. The molecule has 0 heterocycles. The van der Waals surface area contributed by atoms with E-state index in [0.29, 0.717) is 12.6 Å². The SMILES string of the molecule is CCCCN(CCCC(CC)(CO)NC1CC1)C1CC1. The van der Waals surface area contributed by atoms with E-state index in [0.717, 1.165) is 18.9 Å². The summed E-state index contributed by atoms with van der Waals surface area (Å²) < 4.78 is 0. The number of aliphatic hydroxyl groups is 1. The number of unbranched alkanes of at least 4 members (excludes halogenated alkanes) is 1. The highest BCUT2D eigenvalue weighted by atomic mass is 16.3. The highest BCUT2D eigenvalue weighted by molar-refractivity contribution is 4.95. The monoisotopic (exact) mass is 282 g/mol. The van der Waals surface area contributed by atoms with E-state index in [9.17, 15) is 5.11 Å². The van der Waals surface area contributed by atoms with Crippen LogP contribution >= 0.6 is 0 Å². The van der Waals surface area contributed by atoms with Gasteiger partial charge in [-0.2, -0.15) is 0 Å². The predicted molar refractivity (Wildman–Crippen MR) is 85.0 cm³/mol. The number of rotatable bonds is 12. The fourth-order valence-corrected chi connectivity index (χ4v) is 3.15. The minimum absolute atomic E-state index is 0.0128. The minimum Gasteiger partial charge on any atom is -0.394 e. The molecule has 1 unspecified atom stereocenters. The lowest BCUT2D eigenvalue weighted by atomic mass is 9.91. The van der Waals surface area contributed by atoms with Crippen molar-refractivity contribution in [3.63, 3.8) is 0 Å². The van der Waals surface area contributed by atoms with Crippen LogP contribution in [0.3, 0.4) is 0 Å². The second-order valence-electron chi connectivity index (χ2n) is 6.93. The average Bonchev–Trinajstić information content (AvgIpc) is 3.35. The molecular weight excluding hydrogens is 248 g/mol. The van der Waals surface area contributed by atoms with Crippen LogP contribution in [0.1, 0.15) is 71.6 Å². The Labute approximate surface area is 125 Å². The van der Waals surface area contributed by atoms with E-state index in [1.807, 2.05) is 0 Å². The number of hydrogen-bond donors (Lipinski definition) is 2. The van der Waals surface area contributed by atoms with Gasteiger partial charge in [0.1, 0.15) is 0 Å². The van der Waals surface area contributed by atoms with Gasteiger partial charge in [-0.1, -0.05) is 20.3 Å². The van der Waals surface area contributed by atoms with Crippen LogP contribution in [0.4, 0.5) is 0 Å². The van der Waals surface area contributed by atoms with Gasteiger partial charge in [0.05, 0.1) is 6.61 Å². The third kappa shape index (κ3) is 5.01. The van der Waals surface area contributed by atoms with Crippen molar-refractivity contribution in [3.05, 3.63) is 0 Å². The van der Waals surface area contributed by atoms with Gasteiger partial charge in [0.2, 0.25) is 0 Å². The average molecular weight is 282 g/mol. The summed E-state index contributed by atoms with van der Waals surface area (Å²) in [5, 5.41) is 13.5. The van der Waals surface area contributed by atoms with Crippen molar-refractivity contribution in [1.82, 2.24) is 10.2 Å². The summed E-state index contributed by atoms with van der Waals surface area (Å²) in [6, 6.07) is 1.56. The highest BCUT2D eigenvalue weighted by Crippen LogP contribution is 2.29. The zero-order valence-corrected chi connectivity index (χ0v) is 13.5. The minimum atomic E-state index is -0.0128. The van der Waals surface area contributed by atoms with Crippen LogP contribution in [0.15, 0.2) is 0 Å². The van der Waals surface area contributed by atoms with Gasteiger partial charge in [0.25, 0.3) is 0 Å². The van der Waals surface area contributed by atoms with Crippen LogP contribution in [0.2, 0.25) is 0 Å². The van der Waals surface area contributed by atoms with Crippen molar-refractivity contribution in [2.45, 2.75) is 89.3 Å². The van der Waals surface area contributed by atoms with E-state index in [4.69, 9.17) is 0 Å². The molecule has 0 aromatic carbocycles. The summed E-state index contributed by atoms with van der Waals surface area (Å²) in [7, 11) is 0. The normalized spacial score (nSPS) is 22.2. The van der Waals surface area contributed by atoms with Crippen LogP contribution < -0.4 is 5.32 Å². The lowest BCUT2D eigenvalue weighted by molar-refractivity contribution is 0.135. The molecule has 0 spiro atoms. The van der Waals surface area contributed by atoms with Gasteiger partial charge in [0, 0.05) is 17.6 Å². The molecule has 2 N–H and O–H groups in total. The van der Waals surface area contributed by atoms with E-state index in [-0.39, 0.29) is 5.54 Å². The fourth-order valence-electron chi connectivity index (χ4n) is 3.15. The van der Waals surface area contributed by atoms with Crippen molar-refractivity contribution >= 4 is 0 Å². The number of hydrogen-bond acceptors (Lipinski definition) is 3. The van der Waals surface area contributed by atoms with Gasteiger partial charge < -0.3 is 15.3 Å². The molecule has 2 aliphatic rings. The molecule has 0 aromatic rings. The maximum absolute atomic E-state index is 9.81. The maximum Gasteiger partial charge on any atom is 0.0613 e. The van der Waals surface area contributed by atoms with Crippen LogP contribution in [-0.4, -0.2) is 47.3 Å².